The molecular weight excluding hydrogens is 264 g/mol. The molecule has 1 aromatic rings. The van der Waals surface area contributed by atoms with E-state index in [0.717, 1.165) is 6.42 Å². The lowest BCUT2D eigenvalue weighted by Crippen LogP contribution is -2.03. The first-order valence-corrected chi connectivity index (χ1v) is 5.30. The molecule has 80 valence electrons. The monoisotopic (exact) mass is 272 g/mol. The second kappa shape index (κ2) is 4.10. The molecule has 0 unspecified atom stereocenters. The number of carboxylic acid groups (broad SMARTS) is 1. The van der Waals surface area contributed by atoms with Gasteiger partial charge in [-0.25, -0.2) is 4.79 Å². The van der Waals surface area contributed by atoms with Crippen LogP contribution in [-0.4, -0.2) is 24.3 Å². The normalized spacial score (nSPS) is 14.5. The fourth-order valence-corrected chi connectivity index (χ4v) is 1.84. The van der Waals surface area contributed by atoms with Crippen molar-refractivity contribution in [3.8, 4) is 11.5 Å². The first kappa shape index (κ1) is 10.3. The minimum atomic E-state index is -1.02. The van der Waals surface area contributed by atoms with Crippen molar-refractivity contribution in [1.82, 2.24) is 0 Å². The van der Waals surface area contributed by atoms with Crippen LogP contribution in [0.4, 0.5) is 0 Å². The summed E-state index contributed by atoms with van der Waals surface area (Å²) in [6.45, 7) is 1.03. The van der Waals surface area contributed by atoms with E-state index in [2.05, 4.69) is 15.9 Å². The number of carboxylic acids is 1. The molecule has 0 spiro atoms. The average Bonchev–Trinajstić information content (AvgIpc) is 2.41. The zero-order chi connectivity index (χ0) is 10.8. The molecular formula is C10H9BrO4. The minimum absolute atomic E-state index is 0.126. The summed E-state index contributed by atoms with van der Waals surface area (Å²) in [6.07, 6.45) is 0.755. The first-order valence-electron chi connectivity index (χ1n) is 4.51. The number of aromatic carboxylic acids is 1. The Kier molecular flexibility index (Phi) is 2.81. The van der Waals surface area contributed by atoms with Crippen molar-refractivity contribution in [1.29, 1.82) is 0 Å². The van der Waals surface area contributed by atoms with Crippen molar-refractivity contribution in [2.75, 3.05) is 13.2 Å². The molecule has 2 rings (SSSR count). The summed E-state index contributed by atoms with van der Waals surface area (Å²) in [6, 6.07) is 3.23. The summed E-state index contributed by atoms with van der Waals surface area (Å²) in [5.74, 6) is -0.208. The summed E-state index contributed by atoms with van der Waals surface area (Å²) < 4.78 is 11.4. The van der Waals surface area contributed by atoms with Crippen LogP contribution in [0.5, 0.6) is 11.5 Å². The third-order valence-corrected chi connectivity index (χ3v) is 2.50. The van der Waals surface area contributed by atoms with Gasteiger partial charge in [0, 0.05) is 10.9 Å². The second-order valence-corrected chi connectivity index (χ2v) is 4.05. The van der Waals surface area contributed by atoms with Crippen LogP contribution in [-0.2, 0) is 0 Å². The SMILES string of the molecule is O=C(O)c1cc(Br)cc2c1OCCCO2. The Hall–Kier alpha value is -1.23. The van der Waals surface area contributed by atoms with Gasteiger partial charge in [0.05, 0.1) is 13.2 Å². The van der Waals surface area contributed by atoms with Crippen molar-refractivity contribution in [3.63, 3.8) is 0 Å². The molecule has 1 aliphatic heterocycles. The van der Waals surface area contributed by atoms with Gasteiger partial charge in [0.1, 0.15) is 5.56 Å². The van der Waals surface area contributed by atoms with Crippen molar-refractivity contribution in [2.24, 2.45) is 0 Å². The fourth-order valence-electron chi connectivity index (χ4n) is 1.40. The maximum Gasteiger partial charge on any atom is 0.339 e. The quantitative estimate of drug-likeness (QED) is 0.853. The topological polar surface area (TPSA) is 55.8 Å². The molecule has 1 aliphatic rings. The van der Waals surface area contributed by atoms with Crippen LogP contribution in [0.15, 0.2) is 16.6 Å². The third-order valence-electron chi connectivity index (χ3n) is 2.04. The molecule has 1 N–H and O–H groups in total. The molecule has 1 aromatic carbocycles. The number of fused-ring (bicyclic) bond motifs is 1. The summed E-state index contributed by atoms with van der Waals surface area (Å²) >= 11 is 3.24. The Labute approximate surface area is 94.9 Å². The Balaban J connectivity index is 2.54. The van der Waals surface area contributed by atoms with Crippen LogP contribution in [0, 0.1) is 0 Å². The van der Waals surface area contributed by atoms with Gasteiger partial charge in [-0.15, -0.1) is 0 Å². The lowest BCUT2D eigenvalue weighted by Gasteiger charge is -2.10. The average molecular weight is 273 g/mol. The van der Waals surface area contributed by atoms with E-state index in [1.165, 1.54) is 6.07 Å². The smallest absolute Gasteiger partial charge is 0.339 e. The summed E-state index contributed by atoms with van der Waals surface area (Å²) in [4.78, 5) is 11.0. The highest BCUT2D eigenvalue weighted by Crippen LogP contribution is 2.36. The molecule has 15 heavy (non-hydrogen) atoms. The molecule has 0 radical (unpaired) electrons. The van der Waals surface area contributed by atoms with Gasteiger partial charge in [-0.05, 0) is 12.1 Å². The van der Waals surface area contributed by atoms with E-state index in [-0.39, 0.29) is 5.56 Å². The van der Waals surface area contributed by atoms with E-state index in [1.54, 1.807) is 6.07 Å². The van der Waals surface area contributed by atoms with Crippen LogP contribution in [0.1, 0.15) is 16.8 Å². The molecule has 0 aliphatic carbocycles. The van der Waals surface area contributed by atoms with Gasteiger partial charge in [0.15, 0.2) is 11.5 Å². The number of carbonyl (C=O) groups is 1. The molecule has 4 nitrogen and oxygen atoms in total. The number of rotatable bonds is 1. The molecule has 0 fully saturated rings. The Bertz CT molecular complexity index is 403. The van der Waals surface area contributed by atoms with E-state index < -0.39 is 5.97 Å². The van der Waals surface area contributed by atoms with Crippen molar-refractivity contribution in [2.45, 2.75) is 6.42 Å². The second-order valence-electron chi connectivity index (χ2n) is 3.14. The minimum Gasteiger partial charge on any atom is -0.489 e. The van der Waals surface area contributed by atoms with Gasteiger partial charge in [0.2, 0.25) is 0 Å². The number of hydrogen-bond acceptors (Lipinski definition) is 3. The predicted molar refractivity (Wildman–Crippen MR) is 56.7 cm³/mol. The molecule has 5 heteroatoms. The van der Waals surface area contributed by atoms with Gasteiger partial charge in [-0.3, -0.25) is 0 Å². The molecule has 0 aromatic heterocycles. The highest BCUT2D eigenvalue weighted by molar-refractivity contribution is 9.10. The molecule has 1 heterocycles. The Morgan fingerprint density at radius 3 is 2.80 bits per heavy atom. The van der Waals surface area contributed by atoms with Crippen LogP contribution in [0.25, 0.3) is 0 Å². The lowest BCUT2D eigenvalue weighted by atomic mass is 10.2. The fraction of sp³-hybridized carbons (Fsp3) is 0.300. The van der Waals surface area contributed by atoms with E-state index in [1.807, 2.05) is 0 Å². The third kappa shape index (κ3) is 2.07. The van der Waals surface area contributed by atoms with E-state index in [9.17, 15) is 4.79 Å². The zero-order valence-corrected chi connectivity index (χ0v) is 9.41. The molecule has 0 bridgehead atoms. The maximum atomic E-state index is 11.0. The summed E-state index contributed by atoms with van der Waals surface area (Å²) in [5.41, 5.74) is 0.126. The highest BCUT2D eigenvalue weighted by Gasteiger charge is 2.20. The first-order chi connectivity index (χ1) is 7.18. The maximum absolute atomic E-state index is 11.0. The Morgan fingerprint density at radius 1 is 1.33 bits per heavy atom. The van der Waals surface area contributed by atoms with Gasteiger partial charge in [0.25, 0.3) is 0 Å². The largest absolute Gasteiger partial charge is 0.489 e. The van der Waals surface area contributed by atoms with Gasteiger partial charge < -0.3 is 14.6 Å². The molecule has 0 amide bonds. The van der Waals surface area contributed by atoms with Gasteiger partial charge in [-0.2, -0.15) is 0 Å². The molecule has 0 saturated heterocycles. The van der Waals surface area contributed by atoms with Crippen molar-refractivity contribution >= 4 is 21.9 Å². The van der Waals surface area contributed by atoms with Crippen molar-refractivity contribution < 1.29 is 19.4 Å². The summed E-state index contributed by atoms with van der Waals surface area (Å²) in [7, 11) is 0. The number of halogens is 1. The highest BCUT2D eigenvalue weighted by atomic mass is 79.9. The van der Waals surface area contributed by atoms with Crippen molar-refractivity contribution in [3.05, 3.63) is 22.2 Å². The van der Waals surface area contributed by atoms with E-state index in [0.29, 0.717) is 29.2 Å². The number of benzene rings is 1. The Morgan fingerprint density at radius 2 is 2.07 bits per heavy atom. The lowest BCUT2D eigenvalue weighted by molar-refractivity contribution is 0.0692. The molecule has 0 saturated carbocycles. The van der Waals surface area contributed by atoms with Gasteiger partial charge >= 0.3 is 5.97 Å². The van der Waals surface area contributed by atoms with Crippen LogP contribution in [0.3, 0.4) is 0 Å². The number of hydrogen-bond donors (Lipinski definition) is 1. The molecule has 0 atom stereocenters. The van der Waals surface area contributed by atoms with Crippen LogP contribution < -0.4 is 9.47 Å². The van der Waals surface area contributed by atoms with Crippen LogP contribution >= 0.6 is 15.9 Å². The zero-order valence-electron chi connectivity index (χ0n) is 7.83. The predicted octanol–water partition coefficient (Wildman–Crippen LogP) is 2.31. The number of ether oxygens (including phenoxy) is 2. The standard InChI is InChI=1S/C10H9BrO4/c11-6-4-7(10(12)13)9-8(5-6)14-2-1-3-15-9/h4-5H,1-3H2,(H,12,13). The van der Waals surface area contributed by atoms with Gasteiger partial charge in [-0.1, -0.05) is 15.9 Å². The van der Waals surface area contributed by atoms with E-state index in [4.69, 9.17) is 14.6 Å². The van der Waals surface area contributed by atoms with Crippen LogP contribution in [0.2, 0.25) is 0 Å². The van der Waals surface area contributed by atoms with E-state index >= 15 is 0 Å². The summed E-state index contributed by atoms with van der Waals surface area (Å²) in [5, 5.41) is 9.00.